The van der Waals surface area contributed by atoms with Gasteiger partial charge in [0.25, 0.3) is 0 Å². The third kappa shape index (κ3) is 18.3. The molecule has 0 atom stereocenters. The zero-order valence-electron chi connectivity index (χ0n) is 48.4. The fourth-order valence-corrected chi connectivity index (χ4v) is 12.5. The molecule has 6 rings (SSSR count). The van der Waals surface area contributed by atoms with E-state index in [2.05, 4.69) is 232 Å². The van der Waals surface area contributed by atoms with Crippen molar-refractivity contribution in [3.05, 3.63) is 166 Å². The van der Waals surface area contributed by atoms with Crippen LogP contribution in [0.2, 0.25) is 0 Å². The molecule has 0 spiro atoms. The number of hydrogen-bond donors (Lipinski definition) is 0. The molecular weight excluding hydrogens is 943 g/mol. The summed E-state index contributed by atoms with van der Waals surface area (Å²) in [6.45, 7) is 36.6. The molecule has 6 aromatic carbocycles. The molecule has 0 saturated heterocycles. The second-order valence-corrected chi connectivity index (χ2v) is 27.3. The van der Waals surface area contributed by atoms with Crippen molar-refractivity contribution in [2.45, 2.75) is 162 Å². The van der Waals surface area contributed by atoms with E-state index in [0.29, 0.717) is 47.3 Å². The smallest absolute Gasteiger partial charge is 0.326 e. The summed E-state index contributed by atoms with van der Waals surface area (Å²) in [5.74, 6) is 7.87. The first kappa shape index (κ1) is 58.6. The maximum absolute atomic E-state index is 7.16. The third-order valence-corrected chi connectivity index (χ3v) is 15.7. The van der Waals surface area contributed by atoms with Crippen molar-refractivity contribution in [3.8, 4) is 34.1 Å². The summed E-state index contributed by atoms with van der Waals surface area (Å²) in [4.78, 5) is 0. The molecule has 6 aromatic rings. The lowest BCUT2D eigenvalue weighted by Gasteiger charge is -2.24. The molecule has 74 heavy (non-hydrogen) atoms. The van der Waals surface area contributed by atoms with Crippen molar-refractivity contribution in [3.63, 3.8) is 0 Å². The van der Waals surface area contributed by atoms with Gasteiger partial charge >= 0.3 is 16.8 Å². The summed E-state index contributed by atoms with van der Waals surface area (Å²) in [5.41, 5.74) is 12.6. The summed E-state index contributed by atoms with van der Waals surface area (Å²) in [6.07, 6.45) is 7.92. The zero-order chi connectivity index (χ0) is 53.6. The molecule has 0 aliphatic heterocycles. The minimum atomic E-state index is -1.55. The highest BCUT2D eigenvalue weighted by Crippen LogP contribution is 2.46. The van der Waals surface area contributed by atoms with E-state index in [9.17, 15) is 0 Å². The van der Waals surface area contributed by atoms with Crippen molar-refractivity contribution >= 4 is 27.4 Å². The average Bonchev–Trinajstić information content (AvgIpc) is 3.30. The van der Waals surface area contributed by atoms with Crippen LogP contribution in [0.5, 0.6) is 23.0 Å². The first-order valence-corrected chi connectivity index (χ1v) is 30.5. The Labute approximate surface area is 452 Å². The molecule has 0 saturated carbocycles. The standard InChI is InChI=1S/C68H92O4P2/c1-45(2)33-53-17-29-65(59(41-53)37-49(9)10)69-73(70-66-30-18-54(34-46(3)4)42-60(66)38-50(11)12)63-25-21-57(22-26-63)58-23-27-64(28-24-58)74(71-67-31-19-55(35-47(5)6)43-61(67)39-51(13)14)72-68-32-20-56(36-48(7)8)44-62(68)40-52(15)16/h17-32,41-52H,33-40H2,1-16H3. The van der Waals surface area contributed by atoms with Gasteiger partial charge in [-0.3, -0.25) is 0 Å². The van der Waals surface area contributed by atoms with Gasteiger partial charge in [0.2, 0.25) is 0 Å². The normalized spacial score (nSPS) is 12.1. The fraction of sp³-hybridized carbons (Fsp3) is 0.471. The number of hydrogen-bond acceptors (Lipinski definition) is 4. The van der Waals surface area contributed by atoms with E-state index in [1.165, 1.54) is 44.5 Å². The summed E-state index contributed by atoms with van der Waals surface area (Å²) in [5, 5.41) is 2.06. The van der Waals surface area contributed by atoms with Crippen LogP contribution < -0.4 is 28.7 Å². The topological polar surface area (TPSA) is 36.9 Å². The molecule has 0 bridgehead atoms. The second kappa shape index (κ2) is 28.0. The second-order valence-electron chi connectivity index (χ2n) is 24.5. The molecule has 0 fully saturated rings. The van der Waals surface area contributed by atoms with Gasteiger partial charge in [-0.2, -0.15) is 0 Å². The Kier molecular flexibility index (Phi) is 22.2. The van der Waals surface area contributed by atoms with Gasteiger partial charge in [0.1, 0.15) is 23.0 Å². The van der Waals surface area contributed by atoms with Crippen LogP contribution in [0, 0.1) is 47.3 Å². The molecule has 0 aliphatic rings. The van der Waals surface area contributed by atoms with Crippen LogP contribution in [0.3, 0.4) is 0 Å². The Hall–Kier alpha value is -4.62. The largest absolute Gasteiger partial charge is 0.435 e. The predicted octanol–water partition coefficient (Wildman–Crippen LogP) is 19.1. The average molecular weight is 1040 g/mol. The monoisotopic (exact) mass is 1030 g/mol. The lowest BCUT2D eigenvalue weighted by atomic mass is 9.96. The molecule has 0 heterocycles. The van der Waals surface area contributed by atoms with Crippen molar-refractivity contribution in [2.75, 3.05) is 0 Å². The van der Waals surface area contributed by atoms with E-state index >= 15 is 0 Å². The van der Waals surface area contributed by atoms with Crippen LogP contribution >= 0.6 is 16.8 Å². The molecule has 6 heteroatoms. The highest BCUT2D eigenvalue weighted by atomic mass is 31.2. The Morgan fingerprint density at radius 1 is 0.257 bits per heavy atom. The molecule has 4 nitrogen and oxygen atoms in total. The molecule has 0 unspecified atom stereocenters. The molecule has 398 valence electrons. The Morgan fingerprint density at radius 3 is 0.649 bits per heavy atom. The molecule has 0 aliphatic carbocycles. The minimum absolute atomic E-state index is 0.483. The van der Waals surface area contributed by atoms with Crippen molar-refractivity contribution in [2.24, 2.45) is 47.3 Å². The Morgan fingerprint density at radius 2 is 0.459 bits per heavy atom. The predicted molar refractivity (Wildman–Crippen MR) is 322 cm³/mol. The van der Waals surface area contributed by atoms with Gasteiger partial charge in [-0.05, 0) is 203 Å². The Bertz CT molecular complexity index is 2340. The van der Waals surface area contributed by atoms with E-state index in [1.807, 2.05) is 0 Å². The van der Waals surface area contributed by atoms with Crippen LogP contribution in [0.4, 0.5) is 0 Å². The van der Waals surface area contributed by atoms with Gasteiger partial charge in [0.15, 0.2) is 0 Å². The highest BCUT2D eigenvalue weighted by Gasteiger charge is 2.26. The van der Waals surface area contributed by atoms with Crippen molar-refractivity contribution in [1.82, 2.24) is 0 Å². The molecular formula is C68H92O4P2. The summed E-state index contributed by atoms with van der Waals surface area (Å²) in [7, 11) is -3.10. The van der Waals surface area contributed by atoms with Gasteiger partial charge in [0, 0.05) is 0 Å². The van der Waals surface area contributed by atoms with E-state index in [4.69, 9.17) is 18.1 Å². The first-order chi connectivity index (χ1) is 35.2. The van der Waals surface area contributed by atoms with E-state index in [0.717, 1.165) is 96.1 Å². The van der Waals surface area contributed by atoms with Gasteiger partial charge in [-0.1, -0.05) is 184 Å². The maximum atomic E-state index is 7.16. The molecule has 0 amide bonds. The lowest BCUT2D eigenvalue weighted by molar-refractivity contribution is 0.486. The first-order valence-electron chi connectivity index (χ1n) is 28.2. The van der Waals surface area contributed by atoms with Crippen LogP contribution in [0.1, 0.15) is 155 Å². The summed E-state index contributed by atoms with van der Waals surface area (Å²) >= 11 is 0. The van der Waals surface area contributed by atoms with Gasteiger partial charge in [-0.25, -0.2) is 0 Å². The van der Waals surface area contributed by atoms with Gasteiger partial charge in [0.05, 0.1) is 10.6 Å². The van der Waals surface area contributed by atoms with E-state index in [-0.39, 0.29) is 0 Å². The Balaban J connectivity index is 1.37. The van der Waals surface area contributed by atoms with Gasteiger partial charge < -0.3 is 18.1 Å². The number of rotatable bonds is 27. The molecule has 0 aromatic heterocycles. The van der Waals surface area contributed by atoms with Crippen molar-refractivity contribution < 1.29 is 18.1 Å². The quantitative estimate of drug-likeness (QED) is 0.0482. The summed E-state index contributed by atoms with van der Waals surface area (Å²) < 4.78 is 28.6. The lowest BCUT2D eigenvalue weighted by Crippen LogP contribution is -2.13. The minimum Gasteiger partial charge on any atom is -0.435 e. The highest BCUT2D eigenvalue weighted by molar-refractivity contribution is 7.57. The van der Waals surface area contributed by atoms with Crippen LogP contribution in [0.25, 0.3) is 11.1 Å². The molecule has 0 N–H and O–H groups in total. The maximum Gasteiger partial charge on any atom is 0.326 e. The third-order valence-electron chi connectivity index (χ3n) is 12.8. The number of benzene rings is 6. The summed E-state index contributed by atoms with van der Waals surface area (Å²) in [6, 6.07) is 44.9. The van der Waals surface area contributed by atoms with Crippen LogP contribution in [-0.4, -0.2) is 0 Å². The SMILES string of the molecule is CC(C)Cc1ccc(OP(Oc2ccc(CC(C)C)cc2CC(C)C)c2ccc(-c3ccc(P(Oc4ccc(CC(C)C)cc4CC(C)C)Oc4ccc(CC(C)C)cc4CC(C)C)cc3)cc2)c(CC(C)C)c1. The van der Waals surface area contributed by atoms with E-state index in [1.54, 1.807) is 0 Å². The van der Waals surface area contributed by atoms with Crippen LogP contribution in [0.15, 0.2) is 121 Å². The fourth-order valence-electron chi connectivity index (χ4n) is 9.83. The molecule has 0 radical (unpaired) electrons. The van der Waals surface area contributed by atoms with Crippen LogP contribution in [-0.2, 0) is 51.4 Å². The van der Waals surface area contributed by atoms with Crippen molar-refractivity contribution in [1.29, 1.82) is 0 Å². The van der Waals surface area contributed by atoms with Gasteiger partial charge in [-0.15, -0.1) is 0 Å². The van der Waals surface area contributed by atoms with E-state index < -0.39 is 16.8 Å². The zero-order valence-corrected chi connectivity index (χ0v) is 50.1.